The number of sulfonamides is 1. The first kappa shape index (κ1) is 20.3. The lowest BCUT2D eigenvalue weighted by Gasteiger charge is -2.57. The minimum absolute atomic E-state index is 0.0556. The first-order chi connectivity index (χ1) is 13.5. The molecule has 3 heterocycles. The van der Waals surface area contributed by atoms with E-state index in [1.165, 1.54) is 25.9 Å². The van der Waals surface area contributed by atoms with Crippen molar-refractivity contribution in [3.05, 3.63) is 29.8 Å². The van der Waals surface area contributed by atoms with Gasteiger partial charge in [-0.05, 0) is 88.9 Å². The zero-order valence-corrected chi connectivity index (χ0v) is 17.8. The number of aliphatic hydroxyl groups is 1. The lowest BCUT2D eigenvalue weighted by molar-refractivity contribution is -0.0525. The van der Waals surface area contributed by atoms with Crippen LogP contribution in [0.5, 0.6) is 0 Å². The predicted octanol–water partition coefficient (Wildman–Crippen LogP) is 3.02. The van der Waals surface area contributed by atoms with Gasteiger partial charge >= 0.3 is 0 Å². The number of nitrogens with zero attached hydrogens (tertiary/aromatic N) is 2. The third-order valence-electron chi connectivity index (χ3n) is 7.16. The number of hydrogen-bond donors (Lipinski definition) is 1. The van der Waals surface area contributed by atoms with Crippen molar-refractivity contribution in [3.8, 4) is 0 Å². The van der Waals surface area contributed by atoms with Crippen molar-refractivity contribution in [1.29, 1.82) is 0 Å². The van der Waals surface area contributed by atoms with E-state index in [2.05, 4.69) is 4.90 Å². The first-order valence-electron chi connectivity index (χ1n) is 11.0. The Kier molecular flexibility index (Phi) is 6.12. The molecule has 4 atom stereocenters. The van der Waals surface area contributed by atoms with Crippen molar-refractivity contribution in [2.45, 2.75) is 68.8 Å². The molecule has 0 bridgehead atoms. The molecule has 0 saturated carbocycles. The van der Waals surface area contributed by atoms with E-state index in [1.807, 2.05) is 23.4 Å². The zero-order chi connectivity index (χ0) is 19.7. The minimum Gasteiger partial charge on any atom is -0.396 e. The van der Waals surface area contributed by atoms with E-state index in [1.54, 1.807) is 12.1 Å². The third kappa shape index (κ3) is 3.76. The van der Waals surface area contributed by atoms with Gasteiger partial charge in [-0.15, -0.1) is 0 Å². The summed E-state index contributed by atoms with van der Waals surface area (Å²) in [4.78, 5) is 3.07. The Hall–Kier alpha value is -0.950. The smallest absolute Gasteiger partial charge is 0.243 e. The van der Waals surface area contributed by atoms with Crippen LogP contribution in [0, 0.1) is 18.8 Å². The Bertz CT molecular complexity index is 762. The Morgan fingerprint density at radius 1 is 1.07 bits per heavy atom. The van der Waals surface area contributed by atoms with Crippen LogP contribution in [0.15, 0.2) is 29.2 Å². The highest BCUT2D eigenvalue weighted by Gasteiger charge is 2.51. The van der Waals surface area contributed by atoms with Crippen LogP contribution < -0.4 is 0 Å². The second kappa shape index (κ2) is 8.42. The van der Waals surface area contributed by atoms with Gasteiger partial charge in [-0.3, -0.25) is 4.90 Å². The lowest BCUT2D eigenvalue weighted by atomic mass is 9.70. The van der Waals surface area contributed by atoms with Gasteiger partial charge in [0, 0.05) is 25.2 Å². The monoisotopic (exact) mass is 406 g/mol. The fourth-order valence-corrected chi connectivity index (χ4v) is 7.66. The zero-order valence-electron chi connectivity index (χ0n) is 17.0. The largest absolute Gasteiger partial charge is 0.396 e. The molecular weight excluding hydrogens is 372 g/mol. The van der Waals surface area contributed by atoms with E-state index in [0.717, 1.165) is 37.7 Å². The van der Waals surface area contributed by atoms with Crippen molar-refractivity contribution in [3.63, 3.8) is 0 Å². The summed E-state index contributed by atoms with van der Waals surface area (Å²) in [6.07, 6.45) is 7.11. The van der Waals surface area contributed by atoms with Crippen LogP contribution in [0.2, 0.25) is 0 Å². The summed E-state index contributed by atoms with van der Waals surface area (Å²) >= 11 is 0. The van der Waals surface area contributed by atoms with Gasteiger partial charge < -0.3 is 5.11 Å². The molecule has 3 saturated heterocycles. The molecular formula is C22H34N2O3S. The Labute approximate surface area is 169 Å². The fourth-order valence-electron chi connectivity index (χ4n) is 5.90. The highest BCUT2D eigenvalue weighted by atomic mass is 32.2. The third-order valence-corrected chi connectivity index (χ3v) is 9.07. The summed E-state index contributed by atoms with van der Waals surface area (Å²) in [5, 5.41) is 9.25. The SMILES string of the molecule is Cc1ccc(S(=O)(=O)N2C[C@@H]3CCCN4CCC[C@@H]([C@H]34)[C@H]2CCCCO)cc1. The maximum absolute atomic E-state index is 13.6. The Morgan fingerprint density at radius 2 is 1.79 bits per heavy atom. The van der Waals surface area contributed by atoms with Gasteiger partial charge in [-0.25, -0.2) is 8.42 Å². The second-order valence-corrected chi connectivity index (χ2v) is 10.8. The molecule has 3 fully saturated rings. The van der Waals surface area contributed by atoms with E-state index in [-0.39, 0.29) is 12.6 Å². The molecule has 0 amide bonds. The van der Waals surface area contributed by atoms with Crippen LogP contribution in [0.1, 0.15) is 50.5 Å². The summed E-state index contributed by atoms with van der Waals surface area (Å²) in [7, 11) is -3.50. The molecule has 1 aromatic carbocycles. The number of aliphatic hydroxyl groups excluding tert-OH is 1. The summed E-state index contributed by atoms with van der Waals surface area (Å²) in [5.41, 5.74) is 1.08. The topological polar surface area (TPSA) is 60.9 Å². The molecule has 6 heteroatoms. The number of piperidine rings is 3. The maximum atomic E-state index is 13.6. The molecule has 0 aliphatic carbocycles. The summed E-state index contributed by atoms with van der Waals surface area (Å²) in [6, 6.07) is 7.91. The molecule has 28 heavy (non-hydrogen) atoms. The molecule has 5 nitrogen and oxygen atoms in total. The summed E-state index contributed by atoms with van der Waals surface area (Å²) in [5.74, 6) is 0.875. The normalized spacial score (nSPS) is 31.5. The van der Waals surface area contributed by atoms with Crippen LogP contribution in [0.4, 0.5) is 0 Å². The first-order valence-corrected chi connectivity index (χ1v) is 12.4. The number of unbranched alkanes of at least 4 members (excludes halogenated alkanes) is 1. The van der Waals surface area contributed by atoms with Crippen molar-refractivity contribution in [2.24, 2.45) is 11.8 Å². The standard InChI is InChI=1S/C22H34N2O3S/c1-17-9-11-19(12-10-17)28(26,27)24-16-18-6-4-13-23-14-5-7-20(22(18)23)21(24)8-2-3-15-25/h9-12,18,20-22,25H,2-8,13-16H2,1H3/t18-,20+,21+,22-/m0/s1. The van der Waals surface area contributed by atoms with E-state index < -0.39 is 10.0 Å². The van der Waals surface area contributed by atoms with Crippen molar-refractivity contribution in [1.82, 2.24) is 9.21 Å². The molecule has 3 aliphatic heterocycles. The van der Waals surface area contributed by atoms with Crippen LogP contribution >= 0.6 is 0 Å². The lowest BCUT2D eigenvalue weighted by Crippen LogP contribution is -2.65. The highest BCUT2D eigenvalue weighted by molar-refractivity contribution is 7.89. The predicted molar refractivity (Wildman–Crippen MR) is 111 cm³/mol. The van der Waals surface area contributed by atoms with E-state index in [4.69, 9.17) is 0 Å². The van der Waals surface area contributed by atoms with Crippen molar-refractivity contribution in [2.75, 3.05) is 26.2 Å². The Balaban J connectivity index is 1.67. The van der Waals surface area contributed by atoms with E-state index in [9.17, 15) is 13.5 Å². The Morgan fingerprint density at radius 3 is 2.50 bits per heavy atom. The number of rotatable bonds is 6. The van der Waals surface area contributed by atoms with Crippen LogP contribution in [0.25, 0.3) is 0 Å². The van der Waals surface area contributed by atoms with Gasteiger partial charge in [0.05, 0.1) is 4.90 Å². The highest BCUT2D eigenvalue weighted by Crippen LogP contribution is 2.44. The molecule has 0 radical (unpaired) electrons. The fraction of sp³-hybridized carbons (Fsp3) is 0.727. The molecule has 3 aliphatic rings. The minimum atomic E-state index is -3.50. The average Bonchev–Trinajstić information content (AvgIpc) is 2.70. The van der Waals surface area contributed by atoms with Crippen molar-refractivity contribution < 1.29 is 13.5 Å². The van der Waals surface area contributed by atoms with Crippen molar-refractivity contribution >= 4 is 10.0 Å². The van der Waals surface area contributed by atoms with E-state index in [0.29, 0.717) is 29.3 Å². The quantitative estimate of drug-likeness (QED) is 0.738. The van der Waals surface area contributed by atoms with Crippen LogP contribution in [-0.4, -0.2) is 61.1 Å². The number of hydrogen-bond acceptors (Lipinski definition) is 4. The number of aryl methyl sites for hydroxylation is 1. The van der Waals surface area contributed by atoms with E-state index >= 15 is 0 Å². The molecule has 156 valence electrons. The van der Waals surface area contributed by atoms with Gasteiger partial charge in [0.2, 0.25) is 10.0 Å². The molecule has 0 unspecified atom stereocenters. The molecule has 4 rings (SSSR count). The summed E-state index contributed by atoms with van der Waals surface area (Å²) < 4.78 is 29.1. The van der Waals surface area contributed by atoms with Crippen LogP contribution in [0.3, 0.4) is 0 Å². The molecule has 1 aromatic rings. The van der Waals surface area contributed by atoms with Gasteiger partial charge in [-0.1, -0.05) is 17.7 Å². The average molecular weight is 407 g/mol. The van der Waals surface area contributed by atoms with Gasteiger partial charge in [0.15, 0.2) is 0 Å². The van der Waals surface area contributed by atoms with Crippen LogP contribution in [-0.2, 0) is 10.0 Å². The summed E-state index contributed by atoms with van der Waals surface area (Å²) in [6.45, 7) is 5.16. The van der Waals surface area contributed by atoms with Gasteiger partial charge in [0.1, 0.15) is 0 Å². The van der Waals surface area contributed by atoms with Gasteiger partial charge in [-0.2, -0.15) is 4.31 Å². The maximum Gasteiger partial charge on any atom is 0.243 e. The molecule has 0 aromatic heterocycles. The molecule has 0 spiro atoms. The molecule has 1 N–H and O–H groups in total. The van der Waals surface area contributed by atoms with Gasteiger partial charge in [0.25, 0.3) is 0 Å². The number of benzene rings is 1. The second-order valence-electron chi connectivity index (χ2n) is 8.91.